The van der Waals surface area contributed by atoms with Crippen molar-refractivity contribution in [1.82, 2.24) is 0 Å². The molecule has 0 bridgehead atoms. The van der Waals surface area contributed by atoms with Crippen molar-refractivity contribution in [2.24, 2.45) is 0 Å². The first kappa shape index (κ1) is 14.5. The van der Waals surface area contributed by atoms with Crippen molar-refractivity contribution in [2.75, 3.05) is 6.61 Å². The molecule has 6 heteroatoms. The summed E-state index contributed by atoms with van der Waals surface area (Å²) in [5, 5.41) is 7.31. The predicted octanol–water partition coefficient (Wildman–Crippen LogP) is 3.79. The molecule has 1 N–H and O–H groups in total. The smallest absolute Gasteiger partial charge is 0.416 e. The normalized spacial score (nSPS) is 11.4. The van der Waals surface area contributed by atoms with Crippen LogP contribution < -0.4 is 0 Å². The van der Waals surface area contributed by atoms with Crippen molar-refractivity contribution in [3.8, 4) is 0 Å². The van der Waals surface area contributed by atoms with E-state index >= 15 is 0 Å². The molecule has 0 aliphatic carbocycles. The van der Waals surface area contributed by atoms with Gasteiger partial charge in [0.05, 0.1) is 12.2 Å². The average Bonchev–Trinajstić information content (AvgIpc) is 2.26. The molecule has 0 unspecified atom stereocenters. The zero-order valence-corrected chi connectivity index (χ0v) is 9.77. The van der Waals surface area contributed by atoms with E-state index in [1.165, 1.54) is 0 Å². The van der Waals surface area contributed by atoms with E-state index in [4.69, 9.17) is 10.1 Å². The Hall–Kier alpha value is -1.59. The van der Waals surface area contributed by atoms with Gasteiger partial charge in [-0.3, -0.25) is 5.41 Å². The quantitative estimate of drug-likeness (QED) is 0.500. The molecule has 0 radical (unpaired) electrons. The second-order valence-electron chi connectivity index (χ2n) is 3.62. The van der Waals surface area contributed by atoms with Crippen LogP contribution in [-0.2, 0) is 17.3 Å². The Morgan fingerprint density at radius 3 is 2.56 bits per heavy atom. The van der Waals surface area contributed by atoms with E-state index in [1.807, 2.05) is 0 Å². The number of hydrogen-bond acceptors (Lipinski definition) is 2. The van der Waals surface area contributed by atoms with Gasteiger partial charge in [0, 0.05) is 12.0 Å². The molecule has 0 fully saturated rings. The highest BCUT2D eigenvalue weighted by molar-refractivity contribution is 5.72. The summed E-state index contributed by atoms with van der Waals surface area (Å²) >= 11 is 0. The van der Waals surface area contributed by atoms with Crippen LogP contribution in [0.2, 0.25) is 0 Å². The van der Waals surface area contributed by atoms with Gasteiger partial charge >= 0.3 is 6.18 Å². The maximum Gasteiger partial charge on any atom is 0.416 e. The van der Waals surface area contributed by atoms with Crippen LogP contribution in [0.3, 0.4) is 0 Å². The van der Waals surface area contributed by atoms with Gasteiger partial charge in [0.15, 0.2) is 5.90 Å². The minimum absolute atomic E-state index is 0.0577. The monoisotopic (exact) mass is 263 g/mol. The van der Waals surface area contributed by atoms with Crippen molar-refractivity contribution >= 4 is 5.90 Å². The third-order valence-electron chi connectivity index (χ3n) is 2.34. The van der Waals surface area contributed by atoms with E-state index in [9.17, 15) is 17.6 Å². The second kappa shape index (κ2) is 5.84. The van der Waals surface area contributed by atoms with E-state index in [-0.39, 0.29) is 25.3 Å². The predicted molar refractivity (Wildman–Crippen MR) is 59.1 cm³/mol. The highest BCUT2D eigenvalue weighted by Gasteiger charge is 2.34. The number of halogens is 4. The van der Waals surface area contributed by atoms with Gasteiger partial charge in [-0.25, -0.2) is 4.39 Å². The lowest BCUT2D eigenvalue weighted by molar-refractivity contribution is -0.138. The summed E-state index contributed by atoms with van der Waals surface area (Å²) in [7, 11) is 0. The summed E-state index contributed by atoms with van der Waals surface area (Å²) in [5.41, 5.74) is -1.42. The first-order valence-corrected chi connectivity index (χ1v) is 5.41. The lowest BCUT2D eigenvalue weighted by Crippen LogP contribution is -2.13. The number of benzene rings is 1. The number of hydrogen-bond donors (Lipinski definition) is 1. The highest BCUT2D eigenvalue weighted by Crippen LogP contribution is 2.33. The molecular weight excluding hydrogens is 250 g/mol. The van der Waals surface area contributed by atoms with Gasteiger partial charge in [0.2, 0.25) is 0 Å². The Kier molecular flexibility index (Phi) is 4.69. The maximum atomic E-state index is 13.4. The molecule has 0 heterocycles. The summed E-state index contributed by atoms with van der Waals surface area (Å²) in [6, 6.07) is 2.84. The van der Waals surface area contributed by atoms with Crippen LogP contribution in [-0.4, -0.2) is 12.5 Å². The van der Waals surface area contributed by atoms with Crippen molar-refractivity contribution < 1.29 is 22.3 Å². The Balaban J connectivity index is 2.90. The van der Waals surface area contributed by atoms with E-state index in [0.717, 1.165) is 18.2 Å². The van der Waals surface area contributed by atoms with Gasteiger partial charge in [0.1, 0.15) is 5.82 Å². The fraction of sp³-hybridized carbons (Fsp3) is 0.417. The van der Waals surface area contributed by atoms with Gasteiger partial charge in [-0.2, -0.15) is 13.2 Å². The molecule has 0 atom stereocenters. The first-order chi connectivity index (χ1) is 8.36. The van der Waals surface area contributed by atoms with E-state index in [2.05, 4.69) is 0 Å². The molecule has 0 amide bonds. The van der Waals surface area contributed by atoms with Crippen LogP contribution in [0.15, 0.2) is 18.2 Å². The van der Waals surface area contributed by atoms with Crippen LogP contribution in [0.4, 0.5) is 17.6 Å². The van der Waals surface area contributed by atoms with E-state index in [0.29, 0.717) is 0 Å². The van der Waals surface area contributed by atoms with Gasteiger partial charge in [-0.1, -0.05) is 6.07 Å². The molecule has 0 aromatic heterocycles. The first-order valence-electron chi connectivity index (χ1n) is 5.41. The Bertz CT molecular complexity index is 429. The summed E-state index contributed by atoms with van der Waals surface area (Å²) in [6.45, 7) is 1.93. The number of ether oxygens (including phenoxy) is 1. The van der Waals surface area contributed by atoms with Crippen LogP contribution >= 0.6 is 0 Å². The van der Waals surface area contributed by atoms with Gasteiger partial charge in [0.25, 0.3) is 0 Å². The summed E-state index contributed by atoms with van der Waals surface area (Å²) in [6.07, 6.45) is -4.86. The van der Waals surface area contributed by atoms with Crippen molar-refractivity contribution in [3.05, 3.63) is 35.1 Å². The fourth-order valence-corrected chi connectivity index (χ4v) is 1.56. The number of rotatable bonds is 4. The molecule has 0 saturated heterocycles. The number of alkyl halides is 3. The van der Waals surface area contributed by atoms with Gasteiger partial charge in [-0.15, -0.1) is 0 Å². The van der Waals surface area contributed by atoms with E-state index < -0.39 is 23.1 Å². The SMILES string of the molecule is CCOC(=N)CCc1c(F)cccc1C(F)(F)F. The molecular formula is C12H13F4NO. The lowest BCUT2D eigenvalue weighted by atomic mass is 10.0. The third kappa shape index (κ3) is 3.72. The van der Waals surface area contributed by atoms with E-state index in [1.54, 1.807) is 6.92 Å². The van der Waals surface area contributed by atoms with Crippen molar-refractivity contribution in [1.29, 1.82) is 5.41 Å². The standard InChI is InChI=1S/C12H13F4NO/c1-2-18-11(17)7-6-8-9(12(14,15)16)4-3-5-10(8)13/h3-5,17H,2,6-7H2,1H3. The molecule has 0 saturated carbocycles. The topological polar surface area (TPSA) is 33.1 Å². The molecule has 1 aromatic carbocycles. The van der Waals surface area contributed by atoms with Crippen LogP contribution in [0, 0.1) is 11.2 Å². The largest absolute Gasteiger partial charge is 0.481 e. The zero-order valence-electron chi connectivity index (χ0n) is 9.77. The van der Waals surface area contributed by atoms with Gasteiger partial charge in [-0.05, 0) is 25.5 Å². The summed E-state index contributed by atoms with van der Waals surface area (Å²) in [4.78, 5) is 0. The minimum Gasteiger partial charge on any atom is -0.481 e. The molecule has 1 rings (SSSR count). The van der Waals surface area contributed by atoms with Crippen LogP contribution in [0.25, 0.3) is 0 Å². The number of nitrogens with one attached hydrogen (secondary N) is 1. The molecule has 100 valence electrons. The molecule has 2 nitrogen and oxygen atoms in total. The second-order valence-corrected chi connectivity index (χ2v) is 3.62. The zero-order chi connectivity index (χ0) is 13.8. The average molecular weight is 263 g/mol. The van der Waals surface area contributed by atoms with Gasteiger partial charge < -0.3 is 4.74 Å². The molecule has 0 aliphatic heterocycles. The molecule has 0 aliphatic rings. The molecule has 1 aromatic rings. The maximum absolute atomic E-state index is 13.4. The minimum atomic E-state index is -4.59. The highest BCUT2D eigenvalue weighted by atomic mass is 19.4. The summed E-state index contributed by atoms with van der Waals surface area (Å²) in [5.74, 6) is -1.05. The van der Waals surface area contributed by atoms with Crippen LogP contribution in [0.5, 0.6) is 0 Å². The Morgan fingerprint density at radius 2 is 2.00 bits per heavy atom. The van der Waals surface area contributed by atoms with Crippen LogP contribution in [0.1, 0.15) is 24.5 Å². The third-order valence-corrected chi connectivity index (χ3v) is 2.34. The molecule has 18 heavy (non-hydrogen) atoms. The molecule has 0 spiro atoms. The van der Waals surface area contributed by atoms with Crippen molar-refractivity contribution in [3.63, 3.8) is 0 Å². The lowest BCUT2D eigenvalue weighted by Gasteiger charge is -2.13. The van der Waals surface area contributed by atoms with Crippen molar-refractivity contribution in [2.45, 2.75) is 25.9 Å². The fourth-order valence-electron chi connectivity index (χ4n) is 1.56. The Labute approximate surface area is 102 Å². The Morgan fingerprint density at radius 1 is 1.33 bits per heavy atom. The summed E-state index contributed by atoms with van der Waals surface area (Å²) < 4.78 is 56.2.